The van der Waals surface area contributed by atoms with E-state index >= 15 is 0 Å². The number of nitrogens with two attached hydrogens (primary N) is 1. The van der Waals surface area contributed by atoms with Crippen LogP contribution < -0.4 is 5.73 Å². The van der Waals surface area contributed by atoms with Crippen LogP contribution >= 0.6 is 11.8 Å². The van der Waals surface area contributed by atoms with Crippen molar-refractivity contribution < 1.29 is 10.2 Å². The Kier molecular flexibility index (Phi) is 3.31. The van der Waals surface area contributed by atoms with Gasteiger partial charge in [0, 0.05) is 15.5 Å². The maximum Gasteiger partial charge on any atom is 0.116 e. The van der Waals surface area contributed by atoms with Crippen molar-refractivity contribution in [2.45, 2.75) is 9.79 Å². The first kappa shape index (κ1) is 12.1. The molecule has 0 amide bonds. The highest BCUT2D eigenvalue weighted by molar-refractivity contribution is 7.99. The van der Waals surface area contributed by atoms with Crippen molar-refractivity contribution >= 4 is 17.4 Å². The van der Waals surface area contributed by atoms with Gasteiger partial charge in [0.2, 0.25) is 0 Å². The summed E-state index contributed by atoms with van der Waals surface area (Å²) in [6.45, 7) is 0. The number of nitrogen functional groups attached to an aromatic ring is 1. The average Bonchev–Trinajstić information content (AvgIpc) is 2.34. The van der Waals surface area contributed by atoms with E-state index in [0.29, 0.717) is 21.0 Å². The van der Waals surface area contributed by atoms with Crippen LogP contribution in [0.1, 0.15) is 5.56 Å². The molecule has 5 heteroatoms. The highest BCUT2D eigenvalue weighted by atomic mass is 32.2. The van der Waals surface area contributed by atoms with Gasteiger partial charge in [-0.1, -0.05) is 11.8 Å². The number of phenolic OH excluding ortho intramolecular Hbond substituents is 2. The van der Waals surface area contributed by atoms with Gasteiger partial charge in [0.05, 0.1) is 5.56 Å². The van der Waals surface area contributed by atoms with E-state index in [9.17, 15) is 10.2 Å². The standard InChI is InChI=1S/C13H10N2O2S/c14-7-8-1-2-9(16)5-12(8)18-13-6-10(17)3-4-11(13)15/h1-6,16-17H,15H2. The van der Waals surface area contributed by atoms with Crippen LogP contribution in [-0.2, 0) is 0 Å². The third-order valence-corrected chi connectivity index (χ3v) is 3.43. The Hall–Kier alpha value is -2.32. The average molecular weight is 258 g/mol. The summed E-state index contributed by atoms with van der Waals surface area (Å²) < 4.78 is 0. The third-order valence-electron chi connectivity index (χ3n) is 2.30. The monoisotopic (exact) mass is 258 g/mol. The predicted molar refractivity (Wildman–Crippen MR) is 69.5 cm³/mol. The smallest absolute Gasteiger partial charge is 0.116 e. The molecule has 0 bridgehead atoms. The maximum absolute atomic E-state index is 9.43. The van der Waals surface area contributed by atoms with E-state index in [4.69, 9.17) is 11.0 Å². The molecular formula is C13H10N2O2S. The van der Waals surface area contributed by atoms with Crippen LogP contribution in [0.25, 0.3) is 0 Å². The van der Waals surface area contributed by atoms with Crippen molar-refractivity contribution in [2.24, 2.45) is 0 Å². The van der Waals surface area contributed by atoms with Crippen LogP contribution in [0.5, 0.6) is 11.5 Å². The molecule has 4 N–H and O–H groups in total. The molecule has 2 aromatic rings. The van der Waals surface area contributed by atoms with Gasteiger partial charge in [-0.2, -0.15) is 5.26 Å². The van der Waals surface area contributed by atoms with Gasteiger partial charge in [0.25, 0.3) is 0 Å². The largest absolute Gasteiger partial charge is 0.508 e. The van der Waals surface area contributed by atoms with Crippen LogP contribution in [0.2, 0.25) is 0 Å². The number of anilines is 1. The van der Waals surface area contributed by atoms with Crippen LogP contribution in [0.3, 0.4) is 0 Å². The molecule has 0 radical (unpaired) electrons. The molecule has 90 valence electrons. The van der Waals surface area contributed by atoms with Crippen molar-refractivity contribution in [3.8, 4) is 17.6 Å². The Balaban J connectivity index is 2.43. The fraction of sp³-hybridized carbons (Fsp3) is 0. The minimum Gasteiger partial charge on any atom is -0.508 e. The minimum absolute atomic E-state index is 0.0789. The number of hydrogen-bond acceptors (Lipinski definition) is 5. The van der Waals surface area contributed by atoms with Gasteiger partial charge in [-0.25, -0.2) is 0 Å². The first-order valence-electron chi connectivity index (χ1n) is 5.09. The summed E-state index contributed by atoms with van der Waals surface area (Å²) in [5.74, 6) is 0.181. The second-order valence-electron chi connectivity index (χ2n) is 3.62. The number of benzene rings is 2. The number of aromatic hydroxyl groups is 2. The molecule has 2 rings (SSSR count). The quantitative estimate of drug-likeness (QED) is 0.569. The molecule has 0 atom stereocenters. The topological polar surface area (TPSA) is 90.3 Å². The van der Waals surface area contributed by atoms with Gasteiger partial charge in [0.1, 0.15) is 17.6 Å². The summed E-state index contributed by atoms with van der Waals surface area (Å²) in [6.07, 6.45) is 0. The fourth-order valence-corrected chi connectivity index (χ4v) is 2.42. The number of hydrogen-bond donors (Lipinski definition) is 3. The lowest BCUT2D eigenvalue weighted by Gasteiger charge is -2.07. The Labute approximate surface area is 108 Å². The lowest BCUT2D eigenvalue weighted by atomic mass is 10.2. The SMILES string of the molecule is N#Cc1ccc(O)cc1Sc1cc(O)ccc1N. The second kappa shape index (κ2) is 4.90. The second-order valence-corrected chi connectivity index (χ2v) is 4.70. The van der Waals surface area contributed by atoms with Crippen molar-refractivity contribution in [2.75, 3.05) is 5.73 Å². The third kappa shape index (κ3) is 2.50. The zero-order valence-electron chi connectivity index (χ0n) is 9.29. The molecule has 0 saturated heterocycles. The van der Waals surface area contributed by atoms with Crippen molar-refractivity contribution in [3.05, 3.63) is 42.0 Å². The predicted octanol–water partition coefficient (Wildman–Crippen LogP) is 2.70. The number of rotatable bonds is 2. The van der Waals surface area contributed by atoms with Gasteiger partial charge in [-0.15, -0.1) is 0 Å². The Morgan fingerprint density at radius 3 is 2.28 bits per heavy atom. The van der Waals surface area contributed by atoms with E-state index in [2.05, 4.69) is 0 Å². The van der Waals surface area contributed by atoms with E-state index in [1.165, 1.54) is 42.1 Å². The number of nitrogens with zero attached hydrogens (tertiary/aromatic N) is 1. The van der Waals surface area contributed by atoms with Crippen LogP contribution in [0.4, 0.5) is 5.69 Å². The molecule has 0 spiro atoms. The van der Waals surface area contributed by atoms with Crippen LogP contribution in [-0.4, -0.2) is 10.2 Å². The summed E-state index contributed by atoms with van der Waals surface area (Å²) >= 11 is 1.23. The summed E-state index contributed by atoms with van der Waals surface area (Å²) in [5.41, 5.74) is 6.74. The number of phenols is 2. The molecule has 0 aliphatic carbocycles. The summed E-state index contributed by atoms with van der Waals surface area (Å²) in [4.78, 5) is 1.23. The van der Waals surface area contributed by atoms with Gasteiger partial charge < -0.3 is 15.9 Å². The first-order chi connectivity index (χ1) is 8.60. The highest BCUT2D eigenvalue weighted by Gasteiger charge is 2.08. The molecular weight excluding hydrogens is 248 g/mol. The van der Waals surface area contributed by atoms with Crippen molar-refractivity contribution in [3.63, 3.8) is 0 Å². The van der Waals surface area contributed by atoms with Crippen LogP contribution in [0, 0.1) is 11.3 Å². The zero-order chi connectivity index (χ0) is 13.1. The van der Waals surface area contributed by atoms with Gasteiger partial charge >= 0.3 is 0 Å². The molecule has 0 heterocycles. The van der Waals surface area contributed by atoms with Gasteiger partial charge in [0.15, 0.2) is 0 Å². The number of nitriles is 1. The molecule has 4 nitrogen and oxygen atoms in total. The summed E-state index contributed by atoms with van der Waals surface area (Å²) in [5, 5.41) is 27.8. The van der Waals surface area contributed by atoms with E-state index in [-0.39, 0.29) is 11.5 Å². The molecule has 18 heavy (non-hydrogen) atoms. The van der Waals surface area contributed by atoms with E-state index in [1.807, 2.05) is 6.07 Å². The molecule has 0 unspecified atom stereocenters. The normalized spacial score (nSPS) is 9.94. The maximum atomic E-state index is 9.43. The van der Waals surface area contributed by atoms with Crippen LogP contribution in [0.15, 0.2) is 46.2 Å². The minimum atomic E-state index is 0.0789. The van der Waals surface area contributed by atoms with E-state index in [1.54, 1.807) is 6.07 Å². The van der Waals surface area contributed by atoms with E-state index in [0.717, 1.165) is 0 Å². The lowest BCUT2D eigenvalue weighted by Crippen LogP contribution is -1.88. The Morgan fingerprint density at radius 1 is 1.00 bits per heavy atom. The van der Waals surface area contributed by atoms with Crippen molar-refractivity contribution in [1.29, 1.82) is 5.26 Å². The highest BCUT2D eigenvalue weighted by Crippen LogP contribution is 2.37. The summed E-state index contributed by atoms with van der Waals surface area (Å²) in [6, 6.07) is 11.1. The Bertz CT molecular complexity index is 635. The molecule has 0 aromatic heterocycles. The molecule has 0 aliphatic rings. The van der Waals surface area contributed by atoms with E-state index < -0.39 is 0 Å². The fourth-order valence-electron chi connectivity index (χ4n) is 1.42. The first-order valence-corrected chi connectivity index (χ1v) is 5.91. The van der Waals surface area contributed by atoms with Crippen molar-refractivity contribution in [1.82, 2.24) is 0 Å². The molecule has 0 aliphatic heterocycles. The summed E-state index contributed by atoms with van der Waals surface area (Å²) in [7, 11) is 0. The molecule has 0 saturated carbocycles. The molecule has 0 fully saturated rings. The Morgan fingerprint density at radius 2 is 1.61 bits per heavy atom. The van der Waals surface area contributed by atoms with Gasteiger partial charge in [-0.05, 0) is 36.4 Å². The molecule has 2 aromatic carbocycles. The zero-order valence-corrected chi connectivity index (χ0v) is 10.1. The lowest BCUT2D eigenvalue weighted by molar-refractivity contribution is 0.473. The van der Waals surface area contributed by atoms with Gasteiger partial charge in [-0.3, -0.25) is 0 Å².